The fourth-order valence-corrected chi connectivity index (χ4v) is 2.91. The molecule has 3 rings (SSSR count). The summed E-state index contributed by atoms with van der Waals surface area (Å²) >= 11 is 0. The standard InChI is InChI=1S/C17H16N2O/c1-17(2)9-13-6-5-12(11-18)8-14(13)15(10-17)19-7-3-4-16(19)20/h3-6,8,10H,7,9H2,1-2H3. The Morgan fingerprint density at radius 3 is 2.80 bits per heavy atom. The van der Waals surface area contributed by atoms with Gasteiger partial charge in [-0.25, -0.2) is 0 Å². The largest absolute Gasteiger partial charge is 0.305 e. The van der Waals surface area contributed by atoms with Crippen LogP contribution in [0.1, 0.15) is 30.5 Å². The normalized spacial score (nSPS) is 19.6. The minimum atomic E-state index is 0.0133. The van der Waals surface area contributed by atoms with Gasteiger partial charge in [0.2, 0.25) is 0 Å². The second kappa shape index (κ2) is 4.35. The number of carbonyl (C=O) groups is 1. The van der Waals surface area contributed by atoms with E-state index in [0.717, 1.165) is 17.7 Å². The second-order valence-electron chi connectivity index (χ2n) is 6.03. The molecule has 0 atom stereocenters. The quantitative estimate of drug-likeness (QED) is 0.782. The van der Waals surface area contributed by atoms with Crippen LogP contribution in [0.3, 0.4) is 0 Å². The van der Waals surface area contributed by atoms with E-state index >= 15 is 0 Å². The number of rotatable bonds is 1. The van der Waals surface area contributed by atoms with Crippen LogP contribution < -0.4 is 0 Å². The van der Waals surface area contributed by atoms with Crippen LogP contribution in [0.4, 0.5) is 0 Å². The smallest absolute Gasteiger partial charge is 0.251 e. The number of carbonyl (C=O) groups excluding carboxylic acids is 1. The van der Waals surface area contributed by atoms with Crippen molar-refractivity contribution in [2.24, 2.45) is 5.41 Å². The summed E-state index contributed by atoms with van der Waals surface area (Å²) in [6.45, 7) is 4.95. The molecule has 100 valence electrons. The summed E-state index contributed by atoms with van der Waals surface area (Å²) < 4.78 is 0. The summed E-state index contributed by atoms with van der Waals surface area (Å²) in [7, 11) is 0. The highest BCUT2D eigenvalue weighted by Crippen LogP contribution is 2.39. The molecular weight excluding hydrogens is 248 g/mol. The maximum atomic E-state index is 12.0. The Morgan fingerprint density at radius 2 is 2.15 bits per heavy atom. The molecular formula is C17H16N2O. The summed E-state index contributed by atoms with van der Waals surface area (Å²) in [6, 6.07) is 7.92. The van der Waals surface area contributed by atoms with Crippen LogP contribution in [0, 0.1) is 16.7 Å². The van der Waals surface area contributed by atoms with E-state index in [1.165, 1.54) is 5.56 Å². The fraction of sp³-hybridized carbons (Fsp3) is 0.294. The molecule has 3 heteroatoms. The van der Waals surface area contributed by atoms with Crippen LogP contribution in [0.15, 0.2) is 36.4 Å². The Bertz CT molecular complexity index is 689. The number of hydrogen-bond acceptors (Lipinski definition) is 2. The zero-order valence-electron chi connectivity index (χ0n) is 11.7. The van der Waals surface area contributed by atoms with Crippen molar-refractivity contribution in [1.29, 1.82) is 5.26 Å². The van der Waals surface area contributed by atoms with Gasteiger partial charge in [0, 0.05) is 23.9 Å². The van der Waals surface area contributed by atoms with E-state index in [-0.39, 0.29) is 11.3 Å². The summed E-state index contributed by atoms with van der Waals surface area (Å²) in [4.78, 5) is 13.8. The van der Waals surface area contributed by atoms with Gasteiger partial charge in [-0.2, -0.15) is 5.26 Å². The number of amides is 1. The molecule has 1 heterocycles. The first-order valence-corrected chi connectivity index (χ1v) is 6.74. The van der Waals surface area contributed by atoms with Gasteiger partial charge in [0.1, 0.15) is 0 Å². The number of allylic oxidation sites excluding steroid dienone is 1. The van der Waals surface area contributed by atoms with E-state index in [4.69, 9.17) is 5.26 Å². The average Bonchev–Trinajstić information content (AvgIpc) is 2.82. The lowest BCUT2D eigenvalue weighted by atomic mass is 9.77. The lowest BCUT2D eigenvalue weighted by Gasteiger charge is -2.33. The van der Waals surface area contributed by atoms with Crippen LogP contribution in [0.25, 0.3) is 5.70 Å². The summed E-state index contributed by atoms with van der Waals surface area (Å²) in [6.07, 6.45) is 6.56. The summed E-state index contributed by atoms with van der Waals surface area (Å²) in [5.74, 6) is 0.0160. The number of nitriles is 1. The number of benzene rings is 1. The minimum absolute atomic E-state index is 0.0133. The number of fused-ring (bicyclic) bond motifs is 1. The van der Waals surface area contributed by atoms with Gasteiger partial charge in [-0.05, 0) is 29.5 Å². The lowest BCUT2D eigenvalue weighted by Crippen LogP contribution is -2.29. The van der Waals surface area contributed by atoms with Crippen LogP contribution in [0.2, 0.25) is 0 Å². The van der Waals surface area contributed by atoms with Gasteiger partial charge in [-0.1, -0.05) is 32.1 Å². The number of hydrogen-bond donors (Lipinski definition) is 0. The van der Waals surface area contributed by atoms with Gasteiger partial charge >= 0.3 is 0 Å². The monoisotopic (exact) mass is 264 g/mol. The fourth-order valence-electron chi connectivity index (χ4n) is 2.91. The molecule has 0 N–H and O–H groups in total. The van der Waals surface area contributed by atoms with Gasteiger partial charge in [0.25, 0.3) is 5.91 Å². The van der Waals surface area contributed by atoms with E-state index in [9.17, 15) is 4.79 Å². The highest BCUT2D eigenvalue weighted by Gasteiger charge is 2.30. The van der Waals surface area contributed by atoms with Crippen LogP contribution in [-0.2, 0) is 11.2 Å². The van der Waals surface area contributed by atoms with Gasteiger partial charge in [-0.3, -0.25) is 4.79 Å². The first kappa shape index (κ1) is 12.7. The Morgan fingerprint density at radius 1 is 1.35 bits per heavy atom. The molecule has 1 aliphatic carbocycles. The molecule has 20 heavy (non-hydrogen) atoms. The minimum Gasteiger partial charge on any atom is -0.305 e. The van der Waals surface area contributed by atoms with E-state index < -0.39 is 0 Å². The zero-order chi connectivity index (χ0) is 14.3. The van der Waals surface area contributed by atoms with Crippen molar-refractivity contribution in [3.63, 3.8) is 0 Å². The Kier molecular flexibility index (Phi) is 2.76. The van der Waals surface area contributed by atoms with Gasteiger partial charge in [-0.15, -0.1) is 0 Å². The molecule has 0 radical (unpaired) electrons. The van der Waals surface area contributed by atoms with Gasteiger partial charge in [0.05, 0.1) is 11.6 Å². The average molecular weight is 264 g/mol. The van der Waals surface area contributed by atoms with Crippen molar-refractivity contribution in [1.82, 2.24) is 4.90 Å². The van der Waals surface area contributed by atoms with Crippen molar-refractivity contribution in [2.45, 2.75) is 20.3 Å². The van der Waals surface area contributed by atoms with Gasteiger partial charge < -0.3 is 4.90 Å². The van der Waals surface area contributed by atoms with E-state index in [1.54, 1.807) is 11.0 Å². The maximum absolute atomic E-state index is 12.0. The van der Waals surface area contributed by atoms with Crippen molar-refractivity contribution >= 4 is 11.6 Å². The Labute approximate surface area is 118 Å². The van der Waals surface area contributed by atoms with E-state index in [0.29, 0.717) is 12.1 Å². The number of nitrogens with zero attached hydrogens (tertiary/aromatic N) is 2. The second-order valence-corrected chi connectivity index (χ2v) is 6.03. The maximum Gasteiger partial charge on any atom is 0.251 e. The van der Waals surface area contributed by atoms with E-state index in [2.05, 4.69) is 26.0 Å². The summed E-state index contributed by atoms with van der Waals surface area (Å²) in [5.41, 5.74) is 3.79. The molecule has 1 aliphatic heterocycles. The third-order valence-electron chi connectivity index (χ3n) is 3.79. The van der Waals surface area contributed by atoms with Crippen molar-refractivity contribution in [3.05, 3.63) is 53.1 Å². The molecule has 0 bridgehead atoms. The molecule has 1 amide bonds. The van der Waals surface area contributed by atoms with Crippen molar-refractivity contribution < 1.29 is 4.79 Å². The molecule has 0 spiro atoms. The first-order valence-electron chi connectivity index (χ1n) is 6.74. The molecule has 1 aromatic rings. The molecule has 3 nitrogen and oxygen atoms in total. The SMILES string of the molecule is CC1(C)C=C(N2CC=CC2=O)c2cc(C#N)ccc2C1. The topological polar surface area (TPSA) is 44.1 Å². The van der Waals surface area contributed by atoms with Crippen molar-refractivity contribution in [2.75, 3.05) is 6.54 Å². The molecule has 0 unspecified atom stereocenters. The molecule has 1 aromatic carbocycles. The van der Waals surface area contributed by atoms with Gasteiger partial charge in [0.15, 0.2) is 0 Å². The van der Waals surface area contributed by atoms with E-state index in [1.807, 2.05) is 24.3 Å². The van der Waals surface area contributed by atoms with Crippen LogP contribution >= 0.6 is 0 Å². The highest BCUT2D eigenvalue weighted by molar-refractivity contribution is 5.97. The zero-order valence-corrected chi connectivity index (χ0v) is 11.7. The Hall–Kier alpha value is -2.34. The van der Waals surface area contributed by atoms with Crippen LogP contribution in [-0.4, -0.2) is 17.4 Å². The third kappa shape index (κ3) is 2.04. The molecule has 0 fully saturated rings. The molecule has 0 saturated carbocycles. The predicted octanol–water partition coefficient (Wildman–Crippen LogP) is 2.88. The lowest BCUT2D eigenvalue weighted by molar-refractivity contribution is -0.121. The Balaban J connectivity index is 2.14. The predicted molar refractivity (Wildman–Crippen MR) is 77.5 cm³/mol. The molecule has 0 saturated heterocycles. The van der Waals surface area contributed by atoms with Crippen molar-refractivity contribution in [3.8, 4) is 6.07 Å². The third-order valence-corrected chi connectivity index (χ3v) is 3.79. The molecule has 0 aromatic heterocycles. The van der Waals surface area contributed by atoms with Crippen LogP contribution in [0.5, 0.6) is 0 Å². The molecule has 2 aliphatic rings. The highest BCUT2D eigenvalue weighted by atomic mass is 16.2. The summed E-state index contributed by atoms with van der Waals surface area (Å²) in [5, 5.41) is 9.08. The first-order chi connectivity index (χ1) is 9.50.